The summed E-state index contributed by atoms with van der Waals surface area (Å²) in [6.45, 7) is 4.32. The van der Waals surface area contributed by atoms with E-state index in [1.165, 1.54) is 6.92 Å². The van der Waals surface area contributed by atoms with Gasteiger partial charge in [0.1, 0.15) is 25.3 Å². The number of carbonyl (C=O) groups excluding carboxylic acids is 5. The third-order valence-corrected chi connectivity index (χ3v) is 9.61. The summed E-state index contributed by atoms with van der Waals surface area (Å²) in [5, 5.41) is 11.6. The predicted octanol–water partition coefficient (Wildman–Crippen LogP) is 4.72. The van der Waals surface area contributed by atoms with Gasteiger partial charge in [-0.05, 0) is 70.4 Å². The molecule has 14 nitrogen and oxygen atoms in total. The summed E-state index contributed by atoms with van der Waals surface area (Å²) in [7, 11) is -2.78. The normalized spacial score (nSPS) is 18.3. The zero-order valence-electron chi connectivity index (χ0n) is 29.3. The number of hydrogen-bond donors (Lipinski definition) is 4. The molecule has 2 aliphatic rings. The molecule has 50 heavy (non-hydrogen) atoms. The number of nitrogens with one attached hydrogen (secondary N) is 4. The first-order valence-electron chi connectivity index (χ1n) is 18.0. The van der Waals surface area contributed by atoms with E-state index in [-0.39, 0.29) is 30.9 Å². The summed E-state index contributed by atoms with van der Waals surface area (Å²) in [5.74, 6) is -2.35. The molecule has 278 valence electrons. The molecule has 0 aromatic heterocycles. The molecule has 1 saturated carbocycles. The molecule has 0 bridgehead atoms. The molecule has 3 rings (SSSR count). The van der Waals surface area contributed by atoms with Crippen molar-refractivity contribution in [2.45, 2.75) is 128 Å². The lowest BCUT2D eigenvalue weighted by molar-refractivity contribution is -0.165. The van der Waals surface area contributed by atoms with Gasteiger partial charge < -0.3 is 30.7 Å². The van der Waals surface area contributed by atoms with Crippen LogP contribution < -0.4 is 21.3 Å². The number of esters is 2. The predicted molar refractivity (Wildman–Crippen MR) is 185 cm³/mol. The summed E-state index contributed by atoms with van der Waals surface area (Å²) in [5.41, 5.74) is 0.881. The molecule has 1 heterocycles. The van der Waals surface area contributed by atoms with E-state index in [0.29, 0.717) is 45.2 Å². The molecule has 4 N–H and O–H groups in total. The van der Waals surface area contributed by atoms with Gasteiger partial charge >= 0.3 is 26.3 Å². The van der Waals surface area contributed by atoms with Crippen LogP contribution in [0.15, 0.2) is 30.3 Å². The average Bonchev–Trinajstić information content (AvgIpc) is 3.67. The number of benzene rings is 1. The molecule has 1 aliphatic carbocycles. The fourth-order valence-electron chi connectivity index (χ4n) is 5.80. The number of alkyl carbamates (subject to hydrolysis) is 1. The molecule has 1 aromatic rings. The molecule has 0 radical (unpaired) electrons. The Labute approximate surface area is 295 Å². The largest absolute Gasteiger partial charge is 0.698 e. The van der Waals surface area contributed by atoms with Gasteiger partial charge in [-0.15, -0.1) is 9.05 Å². The van der Waals surface area contributed by atoms with E-state index >= 15 is 0 Å². The van der Waals surface area contributed by atoms with Gasteiger partial charge in [0.25, 0.3) is 0 Å². The van der Waals surface area contributed by atoms with E-state index in [0.717, 1.165) is 56.9 Å². The zero-order chi connectivity index (χ0) is 36.1. The van der Waals surface area contributed by atoms with Crippen molar-refractivity contribution in [3.05, 3.63) is 35.9 Å². The Morgan fingerprint density at radius 3 is 2.40 bits per heavy atom. The van der Waals surface area contributed by atoms with Crippen LogP contribution in [0.1, 0.15) is 103 Å². The van der Waals surface area contributed by atoms with Gasteiger partial charge in [-0.3, -0.25) is 9.59 Å². The van der Waals surface area contributed by atoms with Crippen LogP contribution in [-0.2, 0) is 48.9 Å². The molecule has 2 fully saturated rings. The smallest absolute Gasteiger partial charge is 0.445 e. The van der Waals surface area contributed by atoms with E-state index < -0.39 is 50.5 Å². The second kappa shape index (κ2) is 23.1. The van der Waals surface area contributed by atoms with Crippen molar-refractivity contribution in [1.29, 1.82) is 0 Å². The summed E-state index contributed by atoms with van der Waals surface area (Å²) in [6, 6.07) is 7.44. The highest BCUT2D eigenvalue weighted by molar-refractivity contribution is 7.33. The van der Waals surface area contributed by atoms with Crippen molar-refractivity contribution in [2.75, 3.05) is 19.7 Å². The quantitative estimate of drug-likeness (QED) is 0.0595. The number of carbonyl (C=O) groups is 5. The van der Waals surface area contributed by atoms with Gasteiger partial charge in [0.2, 0.25) is 17.9 Å². The summed E-state index contributed by atoms with van der Waals surface area (Å²) < 4.78 is 33.2. The van der Waals surface area contributed by atoms with Gasteiger partial charge in [-0.25, -0.2) is 14.4 Å². The third kappa shape index (κ3) is 15.6. The van der Waals surface area contributed by atoms with Crippen LogP contribution in [0.25, 0.3) is 0 Å². The van der Waals surface area contributed by atoms with Gasteiger partial charge in [-0.2, -0.15) is 0 Å². The van der Waals surface area contributed by atoms with Crippen molar-refractivity contribution < 1.29 is 47.1 Å². The first kappa shape index (κ1) is 41.0. The highest BCUT2D eigenvalue weighted by Crippen LogP contribution is 2.27. The second-order valence-electron chi connectivity index (χ2n) is 12.9. The fourth-order valence-corrected chi connectivity index (χ4v) is 6.51. The van der Waals surface area contributed by atoms with Crippen molar-refractivity contribution in [3.63, 3.8) is 0 Å². The van der Waals surface area contributed by atoms with E-state index in [2.05, 4.69) is 21.3 Å². The Hall–Kier alpha value is -3.45. The third-order valence-electron chi connectivity index (χ3n) is 8.77. The molecule has 3 amide bonds. The maximum atomic E-state index is 13.6. The SMILES string of the molecule is CCCCC(CO[P+](=O)OC(C)C(=O)OC(=O)[C@@H]1CCCN1)NC(=O)C(CCCCNC(=O)OCc1ccccc1)NC(=O)C1CCCCC1. The lowest BCUT2D eigenvalue weighted by Crippen LogP contribution is -2.51. The molecule has 1 aliphatic heterocycles. The molecule has 1 aromatic carbocycles. The van der Waals surface area contributed by atoms with Crippen LogP contribution >= 0.6 is 8.25 Å². The Morgan fingerprint density at radius 1 is 0.940 bits per heavy atom. The van der Waals surface area contributed by atoms with Crippen LogP contribution in [0.3, 0.4) is 0 Å². The Kier molecular flexibility index (Phi) is 18.9. The van der Waals surface area contributed by atoms with E-state index in [4.69, 9.17) is 18.5 Å². The topological polar surface area (TPSA) is 187 Å². The number of ether oxygens (including phenoxy) is 2. The van der Waals surface area contributed by atoms with Crippen LogP contribution in [-0.4, -0.2) is 73.8 Å². The van der Waals surface area contributed by atoms with Crippen LogP contribution in [0.2, 0.25) is 0 Å². The molecule has 0 spiro atoms. The average molecular weight is 722 g/mol. The molecule has 1 saturated heterocycles. The van der Waals surface area contributed by atoms with Crippen LogP contribution in [0.4, 0.5) is 4.79 Å². The number of hydrogen-bond acceptors (Lipinski definition) is 11. The van der Waals surface area contributed by atoms with E-state index in [1.807, 2.05) is 37.3 Å². The molecule has 5 atom stereocenters. The summed E-state index contributed by atoms with van der Waals surface area (Å²) >= 11 is 0. The van der Waals surface area contributed by atoms with Gasteiger partial charge in [0.05, 0.1) is 6.04 Å². The van der Waals surface area contributed by atoms with E-state index in [1.54, 1.807) is 0 Å². The summed E-state index contributed by atoms with van der Waals surface area (Å²) in [6.07, 6.45) is 7.69. The summed E-state index contributed by atoms with van der Waals surface area (Å²) in [4.78, 5) is 63.2. The minimum atomic E-state index is -2.78. The minimum absolute atomic E-state index is 0.140. The van der Waals surface area contributed by atoms with Crippen molar-refractivity contribution in [1.82, 2.24) is 21.3 Å². The Morgan fingerprint density at radius 2 is 1.70 bits per heavy atom. The molecule has 15 heteroatoms. The maximum absolute atomic E-state index is 13.6. The van der Waals surface area contributed by atoms with Gasteiger partial charge in [0.15, 0.2) is 0 Å². The van der Waals surface area contributed by atoms with Crippen LogP contribution in [0.5, 0.6) is 0 Å². The fraction of sp³-hybridized carbons (Fsp3) is 0.686. The highest BCUT2D eigenvalue weighted by atomic mass is 31.1. The monoisotopic (exact) mass is 721 g/mol. The lowest BCUT2D eigenvalue weighted by Gasteiger charge is -2.26. The lowest BCUT2D eigenvalue weighted by atomic mass is 9.88. The van der Waals surface area contributed by atoms with Gasteiger partial charge in [-0.1, -0.05) is 69.4 Å². The first-order chi connectivity index (χ1) is 24.2. The standard InChI is InChI=1S/C35H53N4O10P/c1-3-4-18-28(24-47-50(45)49-25(2)33(42)48-34(43)30-20-13-22-36-30)38-32(41)29(39-31(40)27-16-9-6-10-17-27)19-11-12-21-37-35(44)46-23-26-14-7-5-8-15-26/h5,7-8,14-15,25,27-30,36H,3-4,6,9-13,16-24H2,1-2H3,(H2-,37,38,39,40,41,44)/p+1/t25?,28?,29?,30-/m0/s1. The van der Waals surface area contributed by atoms with E-state index in [9.17, 15) is 28.5 Å². The highest BCUT2D eigenvalue weighted by Gasteiger charge is 2.35. The van der Waals surface area contributed by atoms with Crippen molar-refractivity contribution in [2.24, 2.45) is 5.92 Å². The van der Waals surface area contributed by atoms with Gasteiger partial charge in [0, 0.05) is 17.0 Å². The first-order valence-corrected chi connectivity index (χ1v) is 19.1. The molecule has 4 unspecified atom stereocenters. The zero-order valence-corrected chi connectivity index (χ0v) is 30.2. The second-order valence-corrected chi connectivity index (χ2v) is 13.8. The number of rotatable bonds is 21. The molecular formula is C35H54N4O10P+. The van der Waals surface area contributed by atoms with Crippen LogP contribution in [0, 0.1) is 5.92 Å². The van der Waals surface area contributed by atoms with Crippen molar-refractivity contribution in [3.8, 4) is 0 Å². The minimum Gasteiger partial charge on any atom is -0.445 e. The van der Waals surface area contributed by atoms with Crippen molar-refractivity contribution >= 4 is 38.1 Å². The number of amides is 3. The molecular weight excluding hydrogens is 667 g/mol. The Bertz CT molecular complexity index is 1240. The maximum Gasteiger partial charge on any atom is 0.698 e. The Balaban J connectivity index is 1.49. The number of unbranched alkanes of at least 4 members (excludes halogenated alkanes) is 2.